The van der Waals surface area contributed by atoms with E-state index in [1.807, 2.05) is 34.1 Å². The molecule has 4 heterocycles. The van der Waals surface area contributed by atoms with Gasteiger partial charge in [0, 0.05) is 113 Å². The highest BCUT2D eigenvalue weighted by Gasteiger charge is 2.46. The number of piperazine rings is 1. The van der Waals surface area contributed by atoms with Crippen LogP contribution in [0.4, 0.5) is 8.78 Å². The highest BCUT2D eigenvalue weighted by Crippen LogP contribution is 2.32. The number of carboxylic acids is 1. The number of pyridine rings is 1. The standard InChI is InChI=1S/C61H81F2IN12O14/c1-2-47-36-61(62,63)40-76(47)57(83)37-67-59(86)49-17-19-65-51-16-15-48(34-50(49)51)90-33-6-5-20-70-29-31-75(32-30-70)56(82)35-54(80)69-60(87)52(9-3-4-18-66-53(79)10-7-8-45-11-13-46(64)14-12-45)68-55(81)38-71-21-22-72(39-58(84)85)24-26-74(42-89-44-78)28-27-73(25-23-71)41-88-43-77/h1,11-17,19,34,43-44,47,52H,3-10,18,20-33,35-42H2,(H,66,79)(H,67,86)(H,68,81)(H,84,85)(H,69,80,87)/t47-,52-/m0/s1. The molecule has 0 bridgehead atoms. The van der Waals surface area contributed by atoms with E-state index in [4.69, 9.17) is 20.6 Å². The Morgan fingerprint density at radius 1 is 0.744 bits per heavy atom. The fourth-order valence-corrected chi connectivity index (χ4v) is 10.9. The summed E-state index contributed by atoms with van der Waals surface area (Å²) in [6.45, 7) is 4.15. The van der Waals surface area contributed by atoms with Crippen molar-refractivity contribution in [1.29, 1.82) is 0 Å². The third-order valence-electron chi connectivity index (χ3n) is 15.6. The molecule has 5 N–H and O–H groups in total. The average Bonchev–Trinajstić information content (AvgIpc) is 3.99. The number of aromatic nitrogens is 1. The van der Waals surface area contributed by atoms with Crippen LogP contribution in [-0.2, 0) is 59.0 Å². The van der Waals surface area contributed by atoms with Crippen LogP contribution >= 0.6 is 22.6 Å². The molecule has 2 atom stereocenters. The second-order valence-corrected chi connectivity index (χ2v) is 23.5. The lowest BCUT2D eigenvalue weighted by Gasteiger charge is -2.34. The van der Waals surface area contributed by atoms with E-state index in [1.165, 1.54) is 12.3 Å². The van der Waals surface area contributed by atoms with E-state index in [9.17, 15) is 61.8 Å². The van der Waals surface area contributed by atoms with Crippen molar-refractivity contribution >= 4 is 93.8 Å². The summed E-state index contributed by atoms with van der Waals surface area (Å²) in [7, 11) is 0. The number of rotatable bonds is 32. The Hall–Kier alpha value is -7.50. The van der Waals surface area contributed by atoms with Gasteiger partial charge in [-0.25, -0.2) is 8.78 Å². The molecule has 29 heteroatoms. The monoisotopic (exact) mass is 1370 g/mol. The zero-order valence-electron chi connectivity index (χ0n) is 50.5. The minimum Gasteiger partial charge on any atom is -0.494 e. The SMILES string of the molecule is C#C[C@H]1CC(F)(F)CN1C(=O)CNC(=O)c1ccnc2ccc(OCCCCN3CCN(C(=O)CC(=O)NC(=O)[C@H](CCCCNC(=O)CCCc4ccc(I)cc4)NC(=O)CN4CCN(COC=O)CCN(COC=O)CCN(CC(=O)O)CC4)CC3)cc12. The topological polar surface area (TPSA) is 302 Å². The van der Waals surface area contributed by atoms with E-state index in [1.54, 1.807) is 32.9 Å². The first-order chi connectivity index (χ1) is 43.3. The molecule has 2 aromatic carbocycles. The predicted molar refractivity (Wildman–Crippen MR) is 332 cm³/mol. The Kier molecular flexibility index (Phi) is 29.9. The van der Waals surface area contributed by atoms with Crippen LogP contribution in [0.2, 0.25) is 0 Å². The second-order valence-electron chi connectivity index (χ2n) is 22.3. The van der Waals surface area contributed by atoms with Crippen LogP contribution in [-0.4, -0.2) is 261 Å². The maximum atomic E-state index is 14.0. The van der Waals surface area contributed by atoms with Crippen molar-refractivity contribution in [2.24, 2.45) is 0 Å². The number of carboxylic acid groups (broad SMARTS) is 1. The normalized spacial score (nSPS) is 17.6. The second kappa shape index (κ2) is 37.6. The summed E-state index contributed by atoms with van der Waals surface area (Å²) in [6, 6.07) is 12.4. The highest BCUT2D eigenvalue weighted by atomic mass is 127. The molecule has 26 nitrogen and oxygen atoms in total. The minimum atomic E-state index is -3.11. The van der Waals surface area contributed by atoms with Gasteiger partial charge in [0.25, 0.3) is 24.8 Å². The quantitative estimate of drug-likeness (QED) is 0.0192. The molecule has 490 valence electrons. The van der Waals surface area contributed by atoms with Gasteiger partial charge in [-0.3, -0.25) is 82.7 Å². The minimum absolute atomic E-state index is 0.0344. The molecule has 6 rings (SSSR count). The molecule has 7 amide bonds. The summed E-state index contributed by atoms with van der Waals surface area (Å²) in [4.78, 5) is 143. The molecule has 3 fully saturated rings. The molecule has 90 heavy (non-hydrogen) atoms. The first-order valence-electron chi connectivity index (χ1n) is 30.1. The Morgan fingerprint density at radius 3 is 2.03 bits per heavy atom. The van der Waals surface area contributed by atoms with Gasteiger partial charge in [0.15, 0.2) is 0 Å². The van der Waals surface area contributed by atoms with Crippen molar-refractivity contribution in [2.45, 2.75) is 82.2 Å². The molecule has 0 saturated carbocycles. The maximum absolute atomic E-state index is 14.0. The molecule has 0 unspecified atom stereocenters. The molecule has 1 aromatic heterocycles. The molecule has 3 aliphatic heterocycles. The van der Waals surface area contributed by atoms with Crippen LogP contribution in [0.3, 0.4) is 0 Å². The fourth-order valence-electron chi connectivity index (χ4n) is 10.6. The number of aliphatic carboxylic acids is 1. The van der Waals surface area contributed by atoms with Crippen molar-refractivity contribution in [2.75, 3.05) is 138 Å². The van der Waals surface area contributed by atoms with E-state index in [0.717, 1.165) is 26.9 Å². The molecule has 3 aromatic rings. The van der Waals surface area contributed by atoms with Crippen LogP contribution in [0.1, 0.15) is 73.7 Å². The Morgan fingerprint density at radius 2 is 1.39 bits per heavy atom. The maximum Gasteiger partial charge on any atom is 0.317 e. The number of unbranched alkanes of at least 4 members (excludes halogenated alkanes) is 2. The molecule has 0 radical (unpaired) electrons. The zero-order valence-corrected chi connectivity index (χ0v) is 52.6. The summed E-state index contributed by atoms with van der Waals surface area (Å²) in [5.41, 5.74) is 1.85. The van der Waals surface area contributed by atoms with Gasteiger partial charge in [-0.2, -0.15) is 0 Å². The summed E-state index contributed by atoms with van der Waals surface area (Å²) in [6.07, 6.45) is 9.62. The van der Waals surface area contributed by atoms with E-state index in [0.29, 0.717) is 134 Å². The number of imide groups is 1. The number of terminal acetylenes is 1. The average molecular weight is 1370 g/mol. The molecule has 3 aliphatic rings. The van der Waals surface area contributed by atoms with Gasteiger partial charge < -0.3 is 45.1 Å². The number of carbonyl (C=O) groups excluding carboxylic acids is 9. The zero-order chi connectivity index (χ0) is 64.8. The predicted octanol–water partition coefficient (Wildman–Crippen LogP) is 1.14. The summed E-state index contributed by atoms with van der Waals surface area (Å²) < 4.78 is 45.1. The lowest BCUT2D eigenvalue weighted by Crippen LogP contribution is -2.53. The Bertz CT molecular complexity index is 2950. The largest absolute Gasteiger partial charge is 0.494 e. The molecular formula is C61H81F2IN12O14. The van der Waals surface area contributed by atoms with E-state index >= 15 is 0 Å². The van der Waals surface area contributed by atoms with Crippen molar-refractivity contribution in [1.82, 2.24) is 60.6 Å². The number of benzene rings is 2. The summed E-state index contributed by atoms with van der Waals surface area (Å²) in [5.74, 6) is -5.62. The third kappa shape index (κ3) is 25.1. The van der Waals surface area contributed by atoms with Crippen LogP contribution < -0.4 is 26.0 Å². The van der Waals surface area contributed by atoms with Gasteiger partial charge in [-0.15, -0.1) is 6.42 Å². The molecule has 3 saturated heterocycles. The van der Waals surface area contributed by atoms with Gasteiger partial charge in [0.1, 0.15) is 31.7 Å². The van der Waals surface area contributed by atoms with Gasteiger partial charge in [-0.05, 0) is 116 Å². The number of alkyl halides is 2. The number of hydrogen-bond acceptors (Lipinski definition) is 19. The van der Waals surface area contributed by atoms with E-state index < -0.39 is 85.3 Å². The smallest absolute Gasteiger partial charge is 0.317 e. The van der Waals surface area contributed by atoms with E-state index in [-0.39, 0.29) is 70.6 Å². The molecule has 0 spiro atoms. The number of nitrogens with zero attached hydrogens (tertiary/aromatic N) is 8. The number of aryl methyl sites for hydroxylation is 1. The summed E-state index contributed by atoms with van der Waals surface area (Å²) in [5, 5.41) is 20.7. The number of carbonyl (C=O) groups is 10. The first kappa shape index (κ1) is 71.6. The van der Waals surface area contributed by atoms with Crippen molar-refractivity contribution in [3.8, 4) is 18.1 Å². The Balaban J connectivity index is 0.966. The number of halogens is 3. The number of nitrogens with one attached hydrogen (secondary N) is 4. The van der Waals surface area contributed by atoms with Crippen LogP contribution in [0, 0.1) is 15.9 Å². The van der Waals surface area contributed by atoms with E-state index in [2.05, 4.69) is 59.7 Å². The number of amides is 7. The van der Waals surface area contributed by atoms with Crippen LogP contribution in [0.5, 0.6) is 5.75 Å². The van der Waals surface area contributed by atoms with Gasteiger partial charge in [0.2, 0.25) is 35.4 Å². The van der Waals surface area contributed by atoms with Crippen molar-refractivity contribution < 1.29 is 76.0 Å². The van der Waals surface area contributed by atoms with Crippen molar-refractivity contribution in [3.05, 3.63) is 69.4 Å². The van der Waals surface area contributed by atoms with Crippen LogP contribution in [0.25, 0.3) is 10.9 Å². The lowest BCUT2D eigenvalue weighted by molar-refractivity contribution is -0.140. The van der Waals surface area contributed by atoms with Gasteiger partial charge in [0.05, 0.1) is 49.9 Å². The summed E-state index contributed by atoms with van der Waals surface area (Å²) >= 11 is 2.24. The number of fused-ring (bicyclic) bond motifs is 1. The number of hydrogen-bond donors (Lipinski definition) is 5. The molecular weight excluding hydrogens is 1290 g/mol. The molecule has 0 aliphatic carbocycles. The third-order valence-corrected chi connectivity index (χ3v) is 16.3. The van der Waals surface area contributed by atoms with Gasteiger partial charge >= 0.3 is 5.97 Å². The fraction of sp³-hybridized carbons (Fsp3) is 0.557. The van der Waals surface area contributed by atoms with Gasteiger partial charge in [-0.1, -0.05) is 18.1 Å². The number of ether oxygens (including phenoxy) is 3. The lowest BCUT2D eigenvalue weighted by atomic mass is 10.1. The number of likely N-dealkylation sites (tertiary alicyclic amines) is 1. The Labute approximate surface area is 535 Å². The highest BCUT2D eigenvalue weighted by molar-refractivity contribution is 14.1. The van der Waals surface area contributed by atoms with Crippen LogP contribution in [0.15, 0.2) is 54.7 Å². The first-order valence-corrected chi connectivity index (χ1v) is 31.2. The van der Waals surface area contributed by atoms with Crippen molar-refractivity contribution in [3.63, 3.8) is 0 Å².